The second kappa shape index (κ2) is 13.2. The van der Waals surface area contributed by atoms with E-state index in [9.17, 15) is 0 Å². The number of hydrogen-bond acceptors (Lipinski definition) is 2. The zero-order chi connectivity index (χ0) is 23.4. The van der Waals surface area contributed by atoms with E-state index in [-0.39, 0.29) is 0 Å². The smallest absolute Gasteiger partial charge is 0.0601 e. The van der Waals surface area contributed by atoms with Gasteiger partial charge in [-0.05, 0) is 74.2 Å². The number of allylic oxidation sites excluding steroid dienone is 5. The molecule has 0 atom stereocenters. The number of rotatable bonds is 10. The minimum atomic E-state index is 0.373. The molecule has 2 nitrogen and oxygen atoms in total. The van der Waals surface area contributed by atoms with E-state index in [2.05, 4.69) is 120 Å². The molecule has 0 bridgehead atoms. The van der Waals surface area contributed by atoms with Gasteiger partial charge < -0.3 is 4.90 Å². The van der Waals surface area contributed by atoms with Gasteiger partial charge >= 0.3 is 0 Å². The number of hydrogen-bond donors (Lipinski definition) is 0. The summed E-state index contributed by atoms with van der Waals surface area (Å²) in [5, 5.41) is 0. The highest BCUT2D eigenvalue weighted by atomic mass is 15.2. The number of benzene rings is 2. The van der Waals surface area contributed by atoms with Crippen molar-refractivity contribution in [1.82, 2.24) is 9.80 Å². The van der Waals surface area contributed by atoms with Gasteiger partial charge in [-0.2, -0.15) is 0 Å². The van der Waals surface area contributed by atoms with Crippen molar-refractivity contribution in [2.45, 2.75) is 45.1 Å². The second-order valence-corrected chi connectivity index (χ2v) is 9.64. The third-order valence-corrected chi connectivity index (χ3v) is 7.16. The first-order chi connectivity index (χ1) is 16.8. The quantitative estimate of drug-likeness (QED) is 0.271. The number of likely N-dealkylation sites (tertiary alicyclic amines) is 1. The number of piperidine rings is 1. The Kier molecular flexibility index (Phi) is 9.39. The highest BCUT2D eigenvalue weighted by Gasteiger charge is 2.27. The molecular weight excluding hydrogens is 412 g/mol. The summed E-state index contributed by atoms with van der Waals surface area (Å²) in [6.07, 6.45) is 21.8. The molecule has 2 aromatic carbocycles. The Labute approximate surface area is 207 Å². The van der Waals surface area contributed by atoms with E-state index in [0.29, 0.717) is 6.04 Å². The molecule has 0 N–H and O–H groups in total. The van der Waals surface area contributed by atoms with Gasteiger partial charge in [-0.15, -0.1) is 0 Å². The topological polar surface area (TPSA) is 6.48 Å². The second-order valence-electron chi connectivity index (χ2n) is 9.64. The molecule has 2 aliphatic rings. The van der Waals surface area contributed by atoms with Crippen LogP contribution in [0.5, 0.6) is 0 Å². The van der Waals surface area contributed by atoms with Crippen molar-refractivity contribution in [3.05, 3.63) is 120 Å². The zero-order valence-electron chi connectivity index (χ0n) is 20.7. The van der Waals surface area contributed by atoms with E-state index in [4.69, 9.17) is 0 Å². The van der Waals surface area contributed by atoms with Crippen molar-refractivity contribution in [1.29, 1.82) is 0 Å². The van der Waals surface area contributed by atoms with Crippen molar-refractivity contribution in [2.24, 2.45) is 5.92 Å². The molecule has 1 saturated heterocycles. The predicted molar refractivity (Wildman–Crippen MR) is 146 cm³/mol. The van der Waals surface area contributed by atoms with Crippen LogP contribution in [0.4, 0.5) is 0 Å². The minimum absolute atomic E-state index is 0.373. The van der Waals surface area contributed by atoms with Crippen LogP contribution in [0.3, 0.4) is 0 Å². The van der Waals surface area contributed by atoms with Gasteiger partial charge in [-0.25, -0.2) is 0 Å². The lowest BCUT2D eigenvalue weighted by Crippen LogP contribution is -2.37. The molecule has 2 aromatic rings. The molecule has 2 heterocycles. The van der Waals surface area contributed by atoms with Crippen molar-refractivity contribution in [2.75, 3.05) is 26.2 Å². The van der Waals surface area contributed by atoms with Gasteiger partial charge in [0.15, 0.2) is 0 Å². The highest BCUT2D eigenvalue weighted by molar-refractivity contribution is 5.32. The highest BCUT2D eigenvalue weighted by Crippen LogP contribution is 2.33. The van der Waals surface area contributed by atoms with Crippen LogP contribution in [-0.4, -0.2) is 36.0 Å². The molecule has 2 aliphatic heterocycles. The lowest BCUT2D eigenvalue weighted by atomic mass is 9.88. The van der Waals surface area contributed by atoms with E-state index in [0.717, 1.165) is 19.0 Å². The van der Waals surface area contributed by atoms with Crippen molar-refractivity contribution in [3.8, 4) is 0 Å². The van der Waals surface area contributed by atoms with Gasteiger partial charge in [0.2, 0.25) is 0 Å². The minimum Gasteiger partial charge on any atom is -0.373 e. The molecule has 0 radical (unpaired) electrons. The van der Waals surface area contributed by atoms with E-state index in [1.54, 1.807) is 0 Å². The summed E-state index contributed by atoms with van der Waals surface area (Å²) < 4.78 is 0. The van der Waals surface area contributed by atoms with Gasteiger partial charge in [0.25, 0.3) is 0 Å². The molecule has 0 saturated carbocycles. The maximum absolute atomic E-state index is 2.70. The Balaban J connectivity index is 1.21. The molecule has 0 aromatic heterocycles. The van der Waals surface area contributed by atoms with Crippen LogP contribution in [-0.2, 0) is 0 Å². The Morgan fingerprint density at radius 3 is 2.21 bits per heavy atom. The molecule has 0 unspecified atom stereocenters. The zero-order valence-corrected chi connectivity index (χ0v) is 20.7. The van der Waals surface area contributed by atoms with Crippen LogP contribution < -0.4 is 0 Å². The maximum atomic E-state index is 2.70. The lowest BCUT2D eigenvalue weighted by molar-refractivity contribution is 0.145. The molecule has 1 fully saturated rings. The summed E-state index contributed by atoms with van der Waals surface area (Å²) in [5.74, 6) is 0.875. The molecule has 178 valence electrons. The summed E-state index contributed by atoms with van der Waals surface area (Å²) in [6.45, 7) is 6.64. The summed E-state index contributed by atoms with van der Waals surface area (Å²) in [6, 6.07) is 22.5. The van der Waals surface area contributed by atoms with Crippen LogP contribution in [0.2, 0.25) is 0 Å². The predicted octanol–water partition coefficient (Wildman–Crippen LogP) is 7.55. The summed E-state index contributed by atoms with van der Waals surface area (Å²) in [4.78, 5) is 5.16. The third-order valence-electron chi connectivity index (χ3n) is 7.16. The number of unbranched alkanes of at least 4 members (excludes halogenated alkanes) is 1. The first-order valence-electron chi connectivity index (χ1n) is 13.1. The van der Waals surface area contributed by atoms with E-state index in [1.165, 1.54) is 61.9 Å². The monoisotopic (exact) mass is 452 g/mol. The van der Waals surface area contributed by atoms with Crippen molar-refractivity contribution >= 4 is 0 Å². The van der Waals surface area contributed by atoms with Gasteiger partial charge in [0, 0.05) is 13.1 Å². The standard InChI is InChI=1S/C32H40N2/c1-2-3-6-15-29-16-13-24-33(27-29)23-12-11-14-28-21-25-34(26-22-28)32(30-17-7-4-8-18-30)31-19-9-5-10-20-31/h2-10,13,15-20,24,28,32H,11-12,14,21-23,25-27H2,1H3. The first kappa shape index (κ1) is 24.3. The Bertz CT molecular complexity index is 923. The summed E-state index contributed by atoms with van der Waals surface area (Å²) in [7, 11) is 0. The van der Waals surface area contributed by atoms with Crippen molar-refractivity contribution < 1.29 is 0 Å². The fourth-order valence-corrected chi connectivity index (χ4v) is 5.31. The van der Waals surface area contributed by atoms with Crippen LogP contribution in [0.1, 0.15) is 56.2 Å². The molecule has 0 aliphatic carbocycles. The van der Waals surface area contributed by atoms with Gasteiger partial charge in [0.1, 0.15) is 0 Å². The van der Waals surface area contributed by atoms with E-state index >= 15 is 0 Å². The molecule has 0 spiro atoms. The van der Waals surface area contributed by atoms with Crippen LogP contribution in [0.25, 0.3) is 0 Å². The van der Waals surface area contributed by atoms with Crippen LogP contribution in [0.15, 0.2) is 109 Å². The van der Waals surface area contributed by atoms with E-state index in [1.807, 2.05) is 0 Å². The Morgan fingerprint density at radius 1 is 0.882 bits per heavy atom. The lowest BCUT2D eigenvalue weighted by Gasteiger charge is -2.38. The largest absolute Gasteiger partial charge is 0.373 e. The SMILES string of the molecule is CC=CC=CC1=CC=CN(CCCCC2CCN(C(c3ccccc3)c3ccccc3)CC2)C1. The molecule has 2 heteroatoms. The number of nitrogens with zero attached hydrogens (tertiary/aromatic N) is 2. The normalized spacial score (nSPS) is 17.8. The molecular formula is C32H40N2. The molecule has 0 amide bonds. The van der Waals surface area contributed by atoms with Crippen molar-refractivity contribution in [3.63, 3.8) is 0 Å². The molecule has 4 rings (SSSR count). The first-order valence-corrected chi connectivity index (χ1v) is 13.1. The average Bonchev–Trinajstić information content (AvgIpc) is 2.89. The summed E-state index contributed by atoms with van der Waals surface area (Å²) >= 11 is 0. The fourth-order valence-electron chi connectivity index (χ4n) is 5.31. The van der Waals surface area contributed by atoms with Gasteiger partial charge in [-0.3, -0.25) is 4.90 Å². The molecule has 34 heavy (non-hydrogen) atoms. The van der Waals surface area contributed by atoms with E-state index < -0.39 is 0 Å². The Hall–Kier alpha value is -2.84. The van der Waals surface area contributed by atoms with Crippen LogP contribution >= 0.6 is 0 Å². The third kappa shape index (κ3) is 7.08. The van der Waals surface area contributed by atoms with Crippen LogP contribution in [0, 0.1) is 5.92 Å². The fraction of sp³-hybridized carbons (Fsp3) is 0.375. The van der Waals surface area contributed by atoms with Gasteiger partial charge in [-0.1, -0.05) is 104 Å². The van der Waals surface area contributed by atoms with Gasteiger partial charge in [0.05, 0.1) is 6.04 Å². The average molecular weight is 453 g/mol. The summed E-state index contributed by atoms with van der Waals surface area (Å²) in [5.41, 5.74) is 4.21. The maximum Gasteiger partial charge on any atom is 0.0601 e. The Morgan fingerprint density at radius 2 is 1.56 bits per heavy atom.